The van der Waals surface area contributed by atoms with Gasteiger partial charge >= 0.3 is 5.97 Å². The number of nitrogens with zero attached hydrogens (tertiary/aromatic N) is 1. The second-order valence-corrected chi connectivity index (χ2v) is 4.74. The van der Waals surface area contributed by atoms with Crippen LogP contribution in [0.25, 0.3) is 0 Å². The van der Waals surface area contributed by atoms with Gasteiger partial charge in [-0.05, 0) is 18.9 Å². The van der Waals surface area contributed by atoms with Crippen LogP contribution in [-0.4, -0.2) is 28.1 Å². The molecule has 0 radical (unpaired) electrons. The van der Waals surface area contributed by atoms with Crippen molar-refractivity contribution in [2.45, 2.75) is 32.2 Å². The van der Waals surface area contributed by atoms with Crippen LogP contribution in [0.15, 0.2) is 23.1 Å². The Hall–Kier alpha value is -1.82. The number of aromatic nitrogens is 1. The highest BCUT2D eigenvalue weighted by atomic mass is 35.5. The molecule has 2 N–H and O–H groups in total. The summed E-state index contributed by atoms with van der Waals surface area (Å²) in [5.74, 6) is -1.22. The van der Waals surface area contributed by atoms with E-state index in [-0.39, 0.29) is 24.4 Å². The zero-order valence-corrected chi connectivity index (χ0v) is 11.9. The first-order valence-corrected chi connectivity index (χ1v) is 6.70. The minimum atomic E-state index is -0.905. The lowest BCUT2D eigenvalue weighted by molar-refractivity contribution is -0.137. The molecular weight excluding hydrogens is 284 g/mol. The summed E-state index contributed by atoms with van der Waals surface area (Å²) in [5, 5.41) is 11.5. The lowest BCUT2D eigenvalue weighted by Crippen LogP contribution is -2.37. The molecule has 6 nitrogen and oxygen atoms in total. The van der Waals surface area contributed by atoms with Crippen LogP contribution in [0.5, 0.6) is 0 Å². The molecule has 0 aliphatic carbocycles. The summed E-state index contributed by atoms with van der Waals surface area (Å²) < 4.78 is 1.29. The zero-order valence-electron chi connectivity index (χ0n) is 11.1. The van der Waals surface area contributed by atoms with Crippen LogP contribution in [0.2, 0.25) is 5.02 Å². The average molecular weight is 301 g/mol. The molecule has 20 heavy (non-hydrogen) atoms. The number of nitrogens with one attached hydrogen (secondary N) is 1. The maximum atomic E-state index is 12.0. The van der Waals surface area contributed by atoms with Crippen molar-refractivity contribution in [2.24, 2.45) is 0 Å². The topological polar surface area (TPSA) is 88.4 Å². The summed E-state index contributed by atoms with van der Waals surface area (Å²) >= 11 is 5.83. The minimum Gasteiger partial charge on any atom is -0.481 e. The normalized spacial score (nSPS) is 11.9. The van der Waals surface area contributed by atoms with Crippen LogP contribution in [0.1, 0.15) is 32.2 Å². The molecule has 0 aliphatic rings. The summed E-state index contributed by atoms with van der Waals surface area (Å²) in [6.07, 6.45) is 2.20. The molecule has 0 aliphatic heterocycles. The van der Waals surface area contributed by atoms with Crippen molar-refractivity contribution in [1.82, 2.24) is 9.88 Å². The van der Waals surface area contributed by atoms with Crippen LogP contribution >= 0.6 is 11.6 Å². The smallest absolute Gasteiger partial charge is 0.303 e. The maximum Gasteiger partial charge on any atom is 0.303 e. The molecule has 7 heteroatoms. The summed E-state index contributed by atoms with van der Waals surface area (Å²) in [7, 11) is 0. The monoisotopic (exact) mass is 300 g/mol. The summed E-state index contributed by atoms with van der Waals surface area (Å²) in [6.45, 7) is 2.05. The molecule has 1 aromatic heterocycles. The molecule has 110 valence electrons. The number of rotatable bonds is 7. The highest BCUT2D eigenvalue weighted by molar-refractivity contribution is 6.30. The van der Waals surface area contributed by atoms with E-state index in [2.05, 4.69) is 5.32 Å². The van der Waals surface area contributed by atoms with Crippen molar-refractivity contribution in [3.05, 3.63) is 33.7 Å². The first-order chi connectivity index (χ1) is 9.45. The SMILES string of the molecule is CCC(C(=O)NCCCC(=O)O)n1cc(Cl)ccc1=O. The van der Waals surface area contributed by atoms with E-state index in [1.807, 2.05) is 0 Å². The number of hydrogen-bond acceptors (Lipinski definition) is 3. The molecule has 1 rings (SSSR count). The van der Waals surface area contributed by atoms with Gasteiger partial charge < -0.3 is 15.0 Å². The Morgan fingerprint density at radius 3 is 2.75 bits per heavy atom. The predicted molar refractivity (Wildman–Crippen MR) is 74.9 cm³/mol. The summed E-state index contributed by atoms with van der Waals surface area (Å²) in [4.78, 5) is 34.1. The Kier molecular flexibility index (Phi) is 6.24. The van der Waals surface area contributed by atoms with Gasteiger partial charge in [-0.25, -0.2) is 0 Å². The van der Waals surface area contributed by atoms with E-state index in [9.17, 15) is 14.4 Å². The molecule has 1 aromatic rings. The first kappa shape index (κ1) is 16.2. The van der Waals surface area contributed by atoms with Gasteiger partial charge in [-0.2, -0.15) is 0 Å². The van der Waals surface area contributed by atoms with E-state index in [4.69, 9.17) is 16.7 Å². The van der Waals surface area contributed by atoms with Crippen LogP contribution < -0.4 is 10.9 Å². The van der Waals surface area contributed by atoms with Crippen LogP contribution in [0, 0.1) is 0 Å². The number of aliphatic carboxylic acids is 1. The number of carbonyl (C=O) groups excluding carboxylic acids is 1. The van der Waals surface area contributed by atoms with Gasteiger partial charge in [0.1, 0.15) is 6.04 Å². The van der Waals surface area contributed by atoms with Gasteiger partial charge in [0.05, 0.1) is 5.02 Å². The van der Waals surface area contributed by atoms with Gasteiger partial charge in [-0.15, -0.1) is 0 Å². The van der Waals surface area contributed by atoms with Gasteiger partial charge in [-0.1, -0.05) is 18.5 Å². The molecule has 0 bridgehead atoms. The number of hydrogen-bond donors (Lipinski definition) is 2. The number of carboxylic acid groups (broad SMARTS) is 1. The van der Waals surface area contributed by atoms with Gasteiger partial charge in [0.2, 0.25) is 5.91 Å². The Morgan fingerprint density at radius 2 is 2.15 bits per heavy atom. The van der Waals surface area contributed by atoms with E-state index in [1.54, 1.807) is 6.92 Å². The van der Waals surface area contributed by atoms with Gasteiger partial charge in [0.25, 0.3) is 5.56 Å². The number of carbonyl (C=O) groups is 2. The van der Waals surface area contributed by atoms with Crippen molar-refractivity contribution in [3.63, 3.8) is 0 Å². The van der Waals surface area contributed by atoms with Gasteiger partial charge in [-0.3, -0.25) is 14.4 Å². The fourth-order valence-corrected chi connectivity index (χ4v) is 1.97. The maximum absolute atomic E-state index is 12.0. The minimum absolute atomic E-state index is 0.00577. The van der Waals surface area contributed by atoms with E-state index < -0.39 is 12.0 Å². The Labute approximate surface area is 121 Å². The molecule has 0 aromatic carbocycles. The fraction of sp³-hybridized carbons (Fsp3) is 0.462. The van der Waals surface area contributed by atoms with Gasteiger partial charge in [0, 0.05) is 25.2 Å². The molecule has 1 amide bonds. The van der Waals surface area contributed by atoms with Crippen molar-refractivity contribution >= 4 is 23.5 Å². The molecule has 1 atom stereocenters. The van der Waals surface area contributed by atoms with Gasteiger partial charge in [0.15, 0.2) is 0 Å². The van der Waals surface area contributed by atoms with Crippen LogP contribution in [-0.2, 0) is 9.59 Å². The Morgan fingerprint density at radius 1 is 1.45 bits per heavy atom. The van der Waals surface area contributed by atoms with Crippen molar-refractivity contribution < 1.29 is 14.7 Å². The highest BCUT2D eigenvalue weighted by Gasteiger charge is 2.19. The first-order valence-electron chi connectivity index (χ1n) is 6.33. The third-order valence-corrected chi connectivity index (χ3v) is 3.02. The molecule has 0 saturated heterocycles. The van der Waals surface area contributed by atoms with Crippen LogP contribution in [0.3, 0.4) is 0 Å². The zero-order chi connectivity index (χ0) is 15.1. The third kappa shape index (κ3) is 4.70. The molecular formula is C13H17ClN2O4. The van der Waals surface area contributed by atoms with E-state index in [0.29, 0.717) is 17.9 Å². The van der Waals surface area contributed by atoms with Crippen molar-refractivity contribution in [2.75, 3.05) is 6.54 Å². The van der Waals surface area contributed by atoms with E-state index in [1.165, 1.54) is 22.9 Å². The van der Waals surface area contributed by atoms with Crippen molar-refractivity contribution in [3.8, 4) is 0 Å². The number of amides is 1. The lowest BCUT2D eigenvalue weighted by atomic mass is 10.2. The molecule has 0 spiro atoms. The molecule has 1 unspecified atom stereocenters. The second-order valence-electron chi connectivity index (χ2n) is 4.31. The Balaban J connectivity index is 2.70. The third-order valence-electron chi connectivity index (χ3n) is 2.79. The molecule has 0 saturated carbocycles. The predicted octanol–water partition coefficient (Wildman–Crippen LogP) is 1.43. The number of halogens is 1. The standard InChI is InChI=1S/C13H17ClN2O4/c1-2-10(13(20)15-7-3-4-12(18)19)16-8-9(14)5-6-11(16)17/h5-6,8,10H,2-4,7H2,1H3,(H,15,20)(H,18,19). The highest BCUT2D eigenvalue weighted by Crippen LogP contribution is 2.12. The molecule has 1 heterocycles. The molecule has 0 fully saturated rings. The fourth-order valence-electron chi connectivity index (χ4n) is 1.80. The summed E-state index contributed by atoms with van der Waals surface area (Å²) in [5.41, 5.74) is -0.304. The second kappa shape index (κ2) is 7.69. The number of carboxylic acids is 1. The largest absolute Gasteiger partial charge is 0.481 e. The quantitative estimate of drug-likeness (QED) is 0.746. The van der Waals surface area contributed by atoms with Crippen LogP contribution in [0.4, 0.5) is 0 Å². The number of pyridine rings is 1. The Bertz CT molecular complexity index is 541. The average Bonchev–Trinajstić information content (AvgIpc) is 2.39. The van der Waals surface area contributed by atoms with Crippen molar-refractivity contribution in [1.29, 1.82) is 0 Å². The van der Waals surface area contributed by atoms with E-state index >= 15 is 0 Å². The van der Waals surface area contributed by atoms with E-state index in [0.717, 1.165) is 0 Å². The summed E-state index contributed by atoms with van der Waals surface area (Å²) in [6, 6.07) is 2.13. The lowest BCUT2D eigenvalue weighted by Gasteiger charge is -2.17.